The highest BCUT2D eigenvalue weighted by Gasteiger charge is 2.11. The first kappa shape index (κ1) is 9.37. The Hall–Kier alpha value is -1.72. The summed E-state index contributed by atoms with van der Waals surface area (Å²) < 4.78 is 37.2. The molecule has 69 valence electrons. The number of hydrogen-bond acceptors (Lipinski definition) is 1. The summed E-state index contributed by atoms with van der Waals surface area (Å²) in [5, 5.41) is 11.5. The van der Waals surface area contributed by atoms with Crippen molar-refractivity contribution in [2.45, 2.75) is 0 Å². The van der Waals surface area contributed by atoms with Gasteiger partial charge in [0.2, 0.25) is 0 Å². The predicted molar refractivity (Wildman–Crippen MR) is 36.0 cm³/mol. The summed E-state index contributed by atoms with van der Waals surface area (Å²) in [4.78, 5) is 9.92. The lowest BCUT2D eigenvalue weighted by Crippen LogP contribution is -2.07. The number of anilines is 1. The maximum absolute atomic E-state index is 12.4. The van der Waals surface area contributed by atoms with Crippen molar-refractivity contribution in [1.29, 1.82) is 0 Å². The van der Waals surface area contributed by atoms with E-state index >= 15 is 0 Å². The molecule has 0 saturated carbocycles. The van der Waals surface area contributed by atoms with Crippen LogP contribution in [0.2, 0.25) is 0 Å². The zero-order valence-electron chi connectivity index (χ0n) is 6.11. The summed E-state index contributed by atoms with van der Waals surface area (Å²) in [5.41, 5.74) is -0.420. The topological polar surface area (TPSA) is 49.0 Å². The second kappa shape index (κ2) is 3.34. The number of benzene rings is 1. The lowest BCUT2D eigenvalue weighted by molar-refractivity contribution is 0.185. The molecule has 0 aliphatic carbocycles. The number of rotatable bonds is 1. The van der Waals surface area contributed by atoms with Gasteiger partial charge in [-0.2, -0.15) is 0 Å². The van der Waals surface area contributed by atoms with Gasteiger partial charge in [0.05, 0.1) is 5.69 Å². The molecule has 0 spiro atoms. The Morgan fingerprint density at radius 1 is 1.15 bits per heavy atom. The van der Waals surface area contributed by atoms with Gasteiger partial charge < -0.3 is 0 Å². The molecule has 1 aromatic rings. The van der Waals surface area contributed by atoms with Crippen molar-refractivity contribution >= 4 is 11.8 Å². The second-order valence-corrected chi connectivity index (χ2v) is 2.17. The molecule has 0 aliphatic rings. The monoisotopic (exact) mass is 190 g/mol. The van der Waals surface area contributed by atoms with Crippen LogP contribution in [-0.2, 0) is 5.11 Å². The average Bonchev–Trinajstić information content (AvgIpc) is 1.98. The Bertz CT molecular complexity index is 331. The van der Waals surface area contributed by atoms with Crippen molar-refractivity contribution < 1.29 is 23.1 Å². The van der Waals surface area contributed by atoms with Crippen LogP contribution in [0.1, 0.15) is 0 Å². The molecule has 1 rings (SSSR count). The Labute approximate surface area is 70.8 Å². The maximum atomic E-state index is 12.4. The summed E-state index contributed by atoms with van der Waals surface area (Å²) in [6.07, 6.45) is -1.73. The first-order valence-electron chi connectivity index (χ1n) is 3.13. The fourth-order valence-electron chi connectivity index (χ4n) is 0.746. The Kier molecular flexibility index (Phi) is 2.41. The van der Waals surface area contributed by atoms with Gasteiger partial charge in [0.25, 0.3) is 0 Å². The smallest absolute Gasteiger partial charge is 0.288 e. The Balaban J connectivity index is 3.06. The van der Waals surface area contributed by atoms with E-state index in [0.717, 1.165) is 0 Å². The Morgan fingerprint density at radius 3 is 2.00 bits per heavy atom. The molecule has 3 nitrogen and oxygen atoms in total. The molecule has 0 heterocycles. The molecule has 6 heteroatoms. The van der Waals surface area contributed by atoms with Gasteiger partial charge in [-0.05, 0) is 0 Å². The molecular formula is C7H3F3NO2. The highest BCUT2D eigenvalue weighted by atomic mass is 19.2. The van der Waals surface area contributed by atoms with Gasteiger partial charge in [-0.1, -0.05) is 0 Å². The summed E-state index contributed by atoms with van der Waals surface area (Å²) in [6.45, 7) is 0. The number of nitrogens with one attached hydrogen (secondary N) is 1. The van der Waals surface area contributed by atoms with Gasteiger partial charge in [0, 0.05) is 12.1 Å². The summed E-state index contributed by atoms with van der Waals surface area (Å²) >= 11 is 0. The fourth-order valence-corrected chi connectivity index (χ4v) is 0.746. The quantitative estimate of drug-likeness (QED) is 0.677. The van der Waals surface area contributed by atoms with Crippen LogP contribution in [0.4, 0.5) is 23.7 Å². The molecule has 0 bridgehead atoms. The highest BCUT2D eigenvalue weighted by Crippen LogP contribution is 2.16. The van der Waals surface area contributed by atoms with Crippen molar-refractivity contribution in [3.63, 3.8) is 0 Å². The van der Waals surface area contributed by atoms with E-state index in [1.807, 2.05) is 0 Å². The second-order valence-electron chi connectivity index (χ2n) is 2.17. The zero-order chi connectivity index (χ0) is 10.0. The third-order valence-corrected chi connectivity index (χ3v) is 1.23. The Morgan fingerprint density at radius 2 is 1.62 bits per heavy atom. The maximum Gasteiger partial charge on any atom is 0.454 e. The lowest BCUT2D eigenvalue weighted by Gasteiger charge is -2.00. The molecule has 0 aliphatic heterocycles. The van der Waals surface area contributed by atoms with Crippen molar-refractivity contribution in [1.82, 2.24) is 0 Å². The SMILES string of the molecule is [O]C(=O)Nc1cc(F)c(F)c(F)c1. The largest absolute Gasteiger partial charge is 0.454 e. The van der Waals surface area contributed by atoms with Crippen molar-refractivity contribution in [2.24, 2.45) is 0 Å². The number of carbonyl (C=O) groups excluding carboxylic acids is 1. The predicted octanol–water partition coefficient (Wildman–Crippen LogP) is 2.07. The highest BCUT2D eigenvalue weighted by molar-refractivity contribution is 5.82. The van der Waals surface area contributed by atoms with E-state index in [4.69, 9.17) is 0 Å². The van der Waals surface area contributed by atoms with E-state index in [1.54, 1.807) is 5.32 Å². The summed E-state index contributed by atoms with van der Waals surface area (Å²) in [5.74, 6) is -4.59. The first-order valence-corrected chi connectivity index (χ1v) is 3.13. The fraction of sp³-hybridized carbons (Fsp3) is 0. The van der Waals surface area contributed by atoms with Crippen molar-refractivity contribution in [2.75, 3.05) is 5.32 Å². The van der Waals surface area contributed by atoms with Gasteiger partial charge in [-0.25, -0.2) is 23.1 Å². The number of halogens is 3. The van der Waals surface area contributed by atoms with Crippen LogP contribution < -0.4 is 5.32 Å². The van der Waals surface area contributed by atoms with E-state index in [-0.39, 0.29) is 0 Å². The zero-order valence-corrected chi connectivity index (χ0v) is 6.11. The minimum absolute atomic E-state index is 0.420. The first-order chi connectivity index (χ1) is 6.00. The lowest BCUT2D eigenvalue weighted by atomic mass is 10.3. The third kappa shape index (κ3) is 2.11. The van der Waals surface area contributed by atoms with E-state index in [1.165, 1.54) is 0 Å². The average molecular weight is 190 g/mol. The van der Waals surface area contributed by atoms with Crippen LogP contribution in [0.5, 0.6) is 0 Å². The van der Waals surface area contributed by atoms with Crippen LogP contribution >= 0.6 is 0 Å². The van der Waals surface area contributed by atoms with Crippen molar-refractivity contribution in [3.05, 3.63) is 29.6 Å². The number of amides is 1. The van der Waals surface area contributed by atoms with Gasteiger partial charge in [0.1, 0.15) is 0 Å². The van der Waals surface area contributed by atoms with Crippen LogP contribution in [0.15, 0.2) is 12.1 Å². The van der Waals surface area contributed by atoms with Gasteiger partial charge >= 0.3 is 6.09 Å². The normalized spacial score (nSPS) is 9.77. The molecule has 0 saturated heterocycles. The van der Waals surface area contributed by atoms with E-state index in [0.29, 0.717) is 12.1 Å². The molecule has 1 radical (unpaired) electrons. The molecule has 0 fully saturated rings. The standard InChI is InChI=1S/C7H3F3NO2/c8-4-1-3(11-7(12)13)2-5(9)6(4)10/h1-2,11H. The van der Waals surface area contributed by atoms with E-state index in [2.05, 4.69) is 0 Å². The molecular weight excluding hydrogens is 187 g/mol. The minimum Gasteiger partial charge on any atom is -0.288 e. The molecule has 0 aromatic heterocycles. The number of hydrogen-bond donors (Lipinski definition) is 1. The van der Waals surface area contributed by atoms with Crippen LogP contribution in [-0.4, -0.2) is 6.09 Å². The molecule has 1 amide bonds. The van der Waals surface area contributed by atoms with Gasteiger partial charge in [0.15, 0.2) is 17.5 Å². The van der Waals surface area contributed by atoms with Crippen LogP contribution in [0, 0.1) is 17.5 Å². The van der Waals surface area contributed by atoms with Crippen LogP contribution in [0.3, 0.4) is 0 Å². The van der Waals surface area contributed by atoms with Gasteiger partial charge in [-0.15, -0.1) is 0 Å². The molecule has 13 heavy (non-hydrogen) atoms. The number of carbonyl (C=O) groups is 1. The summed E-state index contributed by atoms with van der Waals surface area (Å²) in [6, 6.07) is 1.02. The molecule has 0 unspecified atom stereocenters. The summed E-state index contributed by atoms with van der Waals surface area (Å²) in [7, 11) is 0. The third-order valence-electron chi connectivity index (χ3n) is 1.23. The van der Waals surface area contributed by atoms with Crippen LogP contribution in [0.25, 0.3) is 0 Å². The van der Waals surface area contributed by atoms with E-state index < -0.39 is 29.2 Å². The van der Waals surface area contributed by atoms with E-state index in [9.17, 15) is 23.1 Å². The molecule has 1 aromatic carbocycles. The van der Waals surface area contributed by atoms with Gasteiger partial charge in [-0.3, -0.25) is 5.32 Å². The van der Waals surface area contributed by atoms with Crippen molar-refractivity contribution in [3.8, 4) is 0 Å². The minimum atomic E-state index is -1.73. The molecule has 0 atom stereocenters. The molecule has 1 N–H and O–H groups in total.